The molecule has 17 heavy (non-hydrogen) atoms. The number of nitrogens with one attached hydrogen (secondary N) is 1. The third-order valence-electron chi connectivity index (χ3n) is 2.45. The van der Waals surface area contributed by atoms with Crippen molar-refractivity contribution in [3.05, 3.63) is 0 Å². The molecule has 0 aromatic rings. The van der Waals surface area contributed by atoms with Crippen LogP contribution in [-0.4, -0.2) is 64.9 Å². The number of aliphatic hydroxyl groups is 1. The molecule has 0 aliphatic rings. The van der Waals surface area contributed by atoms with E-state index >= 15 is 0 Å². The highest BCUT2D eigenvalue weighted by molar-refractivity contribution is 7.98. The largest absolute Gasteiger partial charge is 0.480 e. The van der Waals surface area contributed by atoms with Crippen LogP contribution in [0.25, 0.3) is 0 Å². The second-order valence-electron chi connectivity index (χ2n) is 3.76. The van der Waals surface area contributed by atoms with Crippen molar-refractivity contribution < 1.29 is 19.8 Å². The number of carbonyl (C=O) groups is 2. The fraction of sp³-hybridized carbons (Fsp3) is 0.800. The molecule has 0 aliphatic carbocycles. The molecule has 0 spiro atoms. The van der Waals surface area contributed by atoms with Crippen LogP contribution in [0.5, 0.6) is 0 Å². The molecule has 0 bridgehead atoms. The summed E-state index contributed by atoms with van der Waals surface area (Å²) in [6.07, 6.45) is 2.25. The van der Waals surface area contributed by atoms with Crippen molar-refractivity contribution in [3.8, 4) is 0 Å². The van der Waals surface area contributed by atoms with E-state index in [4.69, 9.17) is 10.2 Å². The predicted octanol–water partition coefficient (Wildman–Crippen LogP) is 0.215. The maximum atomic E-state index is 11.7. The van der Waals surface area contributed by atoms with Gasteiger partial charge in [-0.1, -0.05) is 0 Å². The van der Waals surface area contributed by atoms with Crippen LogP contribution >= 0.6 is 11.8 Å². The van der Waals surface area contributed by atoms with Crippen LogP contribution in [0.1, 0.15) is 13.3 Å². The minimum atomic E-state index is -1.04. The molecule has 2 atom stereocenters. The Morgan fingerprint density at radius 1 is 1.47 bits per heavy atom. The van der Waals surface area contributed by atoms with Gasteiger partial charge in [0, 0.05) is 7.05 Å². The van der Waals surface area contributed by atoms with Crippen molar-refractivity contribution in [2.24, 2.45) is 0 Å². The standard InChI is InChI=1S/C10H20N2O4S/c1-7(6-13)12(2)10(16)11-8(9(14)15)4-5-17-3/h7-8,13H,4-6H2,1-3H3,(H,11,16)(H,14,15)/t7?,8-/m1/s1. The smallest absolute Gasteiger partial charge is 0.326 e. The van der Waals surface area contributed by atoms with Crippen molar-refractivity contribution in [2.75, 3.05) is 25.7 Å². The summed E-state index contributed by atoms with van der Waals surface area (Å²) >= 11 is 1.53. The highest BCUT2D eigenvalue weighted by Gasteiger charge is 2.22. The van der Waals surface area contributed by atoms with Gasteiger partial charge in [-0.05, 0) is 25.4 Å². The number of hydrogen-bond donors (Lipinski definition) is 3. The van der Waals surface area contributed by atoms with Crippen LogP contribution in [0.3, 0.4) is 0 Å². The normalized spacial score (nSPS) is 13.9. The molecule has 0 aliphatic heterocycles. The number of thioether (sulfide) groups is 1. The summed E-state index contributed by atoms with van der Waals surface area (Å²) < 4.78 is 0. The maximum Gasteiger partial charge on any atom is 0.326 e. The average molecular weight is 264 g/mol. The topological polar surface area (TPSA) is 89.9 Å². The highest BCUT2D eigenvalue weighted by atomic mass is 32.2. The highest BCUT2D eigenvalue weighted by Crippen LogP contribution is 2.03. The molecule has 0 saturated heterocycles. The molecule has 6 nitrogen and oxygen atoms in total. The van der Waals surface area contributed by atoms with Crippen molar-refractivity contribution in [2.45, 2.75) is 25.4 Å². The number of urea groups is 1. The third-order valence-corrected chi connectivity index (χ3v) is 3.10. The van der Waals surface area contributed by atoms with Gasteiger partial charge in [-0.2, -0.15) is 11.8 Å². The van der Waals surface area contributed by atoms with Gasteiger partial charge < -0.3 is 20.4 Å². The van der Waals surface area contributed by atoms with E-state index in [-0.39, 0.29) is 12.6 Å². The zero-order valence-electron chi connectivity index (χ0n) is 10.3. The Hall–Kier alpha value is -0.950. The summed E-state index contributed by atoms with van der Waals surface area (Å²) in [4.78, 5) is 23.9. The van der Waals surface area contributed by atoms with E-state index in [0.29, 0.717) is 12.2 Å². The number of hydrogen-bond acceptors (Lipinski definition) is 4. The van der Waals surface area contributed by atoms with Crippen LogP contribution in [0.15, 0.2) is 0 Å². The predicted molar refractivity (Wildman–Crippen MR) is 67.3 cm³/mol. The Morgan fingerprint density at radius 3 is 2.47 bits per heavy atom. The molecule has 2 amide bonds. The van der Waals surface area contributed by atoms with E-state index in [1.54, 1.807) is 6.92 Å². The molecule has 100 valence electrons. The second kappa shape index (κ2) is 8.19. The monoisotopic (exact) mass is 264 g/mol. The molecule has 0 aromatic heterocycles. The first-order valence-electron chi connectivity index (χ1n) is 5.30. The van der Waals surface area contributed by atoms with E-state index in [9.17, 15) is 9.59 Å². The number of amides is 2. The molecule has 0 aromatic carbocycles. The van der Waals surface area contributed by atoms with Crippen LogP contribution in [0.4, 0.5) is 4.79 Å². The maximum absolute atomic E-state index is 11.7. The molecule has 0 fully saturated rings. The van der Waals surface area contributed by atoms with Crippen LogP contribution < -0.4 is 5.32 Å². The van der Waals surface area contributed by atoms with E-state index in [2.05, 4.69) is 5.32 Å². The summed E-state index contributed by atoms with van der Waals surface area (Å²) in [7, 11) is 1.52. The van der Waals surface area contributed by atoms with Gasteiger partial charge in [0.1, 0.15) is 6.04 Å². The molecule has 0 saturated carbocycles. The molecule has 3 N–H and O–H groups in total. The number of likely N-dealkylation sites (N-methyl/N-ethyl adjacent to an activating group) is 1. The summed E-state index contributed by atoms with van der Waals surface area (Å²) in [6.45, 7) is 1.52. The van der Waals surface area contributed by atoms with Gasteiger partial charge in [-0.25, -0.2) is 9.59 Å². The van der Waals surface area contributed by atoms with E-state index < -0.39 is 18.0 Å². The minimum absolute atomic E-state index is 0.160. The van der Waals surface area contributed by atoms with E-state index in [0.717, 1.165) is 0 Å². The van der Waals surface area contributed by atoms with E-state index in [1.165, 1.54) is 23.7 Å². The summed E-state index contributed by atoms with van der Waals surface area (Å²) in [5.74, 6) is -0.381. The van der Waals surface area contributed by atoms with Crippen molar-refractivity contribution in [1.29, 1.82) is 0 Å². The van der Waals surface area contributed by atoms with Gasteiger partial charge in [-0.3, -0.25) is 0 Å². The lowest BCUT2D eigenvalue weighted by molar-refractivity contribution is -0.139. The first-order chi connectivity index (χ1) is 7.93. The molecule has 0 heterocycles. The lowest BCUT2D eigenvalue weighted by Crippen LogP contribution is -2.50. The number of carboxylic acid groups (broad SMARTS) is 1. The fourth-order valence-electron chi connectivity index (χ4n) is 1.07. The van der Waals surface area contributed by atoms with Gasteiger partial charge in [0.25, 0.3) is 0 Å². The molecule has 7 heteroatoms. The lowest BCUT2D eigenvalue weighted by Gasteiger charge is -2.25. The minimum Gasteiger partial charge on any atom is -0.480 e. The fourth-order valence-corrected chi connectivity index (χ4v) is 1.54. The SMILES string of the molecule is CSCC[C@@H](NC(=O)N(C)C(C)CO)C(=O)O. The number of carboxylic acids is 1. The Labute approximate surface area is 105 Å². The van der Waals surface area contributed by atoms with Crippen molar-refractivity contribution in [3.63, 3.8) is 0 Å². The Bertz CT molecular complexity index is 263. The van der Waals surface area contributed by atoms with Crippen LogP contribution in [-0.2, 0) is 4.79 Å². The van der Waals surface area contributed by atoms with E-state index in [1.807, 2.05) is 6.26 Å². The number of aliphatic carboxylic acids is 1. The van der Waals surface area contributed by atoms with Crippen molar-refractivity contribution >= 4 is 23.8 Å². The van der Waals surface area contributed by atoms with Gasteiger partial charge in [-0.15, -0.1) is 0 Å². The number of carbonyl (C=O) groups excluding carboxylic acids is 1. The summed E-state index contributed by atoms with van der Waals surface area (Å²) in [5, 5.41) is 20.3. The molecule has 1 unspecified atom stereocenters. The van der Waals surface area contributed by atoms with Gasteiger partial charge in [0.15, 0.2) is 0 Å². The van der Waals surface area contributed by atoms with Gasteiger partial charge >= 0.3 is 12.0 Å². The Balaban J connectivity index is 4.34. The lowest BCUT2D eigenvalue weighted by atomic mass is 10.2. The average Bonchev–Trinajstić information content (AvgIpc) is 2.31. The number of aliphatic hydroxyl groups excluding tert-OH is 1. The van der Waals surface area contributed by atoms with Gasteiger partial charge in [0.2, 0.25) is 0 Å². The first kappa shape index (κ1) is 16.1. The van der Waals surface area contributed by atoms with Crippen LogP contribution in [0, 0.1) is 0 Å². The molecule has 0 radical (unpaired) electrons. The quantitative estimate of drug-likeness (QED) is 0.612. The summed E-state index contributed by atoms with van der Waals surface area (Å²) in [5.41, 5.74) is 0. The first-order valence-corrected chi connectivity index (χ1v) is 6.69. The molecule has 0 rings (SSSR count). The van der Waals surface area contributed by atoms with Crippen molar-refractivity contribution in [1.82, 2.24) is 10.2 Å². The Kier molecular flexibility index (Phi) is 7.73. The van der Waals surface area contributed by atoms with Gasteiger partial charge in [0.05, 0.1) is 12.6 Å². The number of rotatable bonds is 7. The molecular weight excluding hydrogens is 244 g/mol. The van der Waals surface area contributed by atoms with Crippen LogP contribution in [0.2, 0.25) is 0 Å². The Morgan fingerprint density at radius 2 is 2.06 bits per heavy atom. The third kappa shape index (κ3) is 5.78. The number of nitrogens with zero attached hydrogens (tertiary/aromatic N) is 1. The zero-order valence-corrected chi connectivity index (χ0v) is 11.2. The second-order valence-corrected chi connectivity index (χ2v) is 4.75. The summed E-state index contributed by atoms with van der Waals surface area (Å²) in [6, 6.07) is -1.71. The molecular formula is C10H20N2O4S. The zero-order chi connectivity index (χ0) is 13.4.